The molecule has 5 heteroatoms. The molecule has 0 aliphatic carbocycles. The van der Waals surface area contributed by atoms with Gasteiger partial charge in [0.1, 0.15) is 11.6 Å². The molecule has 0 aliphatic rings. The molecule has 0 bridgehead atoms. The Bertz CT molecular complexity index is 2540. The zero-order valence-corrected chi connectivity index (χ0v) is 34.3. The maximum absolute atomic E-state index is 11.7. The second-order valence-electron chi connectivity index (χ2n) is 16.1. The molecular weight excluding hydrogens is 854 g/mol. The summed E-state index contributed by atoms with van der Waals surface area (Å²) in [6.45, 7) is 13.2. The summed E-state index contributed by atoms with van der Waals surface area (Å²) in [5.41, 5.74) is 13.5. The van der Waals surface area contributed by atoms with Crippen LogP contribution in [0.5, 0.6) is 5.75 Å². The number of aromatic hydroxyl groups is 1. The molecule has 4 nitrogen and oxygen atoms in total. The van der Waals surface area contributed by atoms with Crippen molar-refractivity contribution in [3.05, 3.63) is 169 Å². The summed E-state index contributed by atoms with van der Waals surface area (Å²) in [7, 11) is 0. The average Bonchev–Trinajstić information content (AvgIpc) is 3.57. The number of imidazole rings is 1. The van der Waals surface area contributed by atoms with E-state index in [1.54, 1.807) is 0 Å². The predicted molar refractivity (Wildman–Crippen MR) is 224 cm³/mol. The number of pyridine rings is 1. The van der Waals surface area contributed by atoms with E-state index in [0.29, 0.717) is 11.4 Å². The van der Waals surface area contributed by atoms with E-state index in [4.69, 9.17) is 9.97 Å². The fourth-order valence-electron chi connectivity index (χ4n) is 7.09. The molecule has 0 atom stereocenters. The van der Waals surface area contributed by atoms with Gasteiger partial charge in [-0.05, 0) is 75.0 Å². The van der Waals surface area contributed by atoms with Gasteiger partial charge in [0.15, 0.2) is 0 Å². The van der Waals surface area contributed by atoms with Gasteiger partial charge in [0.2, 0.25) is 0 Å². The van der Waals surface area contributed by atoms with Crippen LogP contribution in [0.25, 0.3) is 72.7 Å². The van der Waals surface area contributed by atoms with Crippen molar-refractivity contribution in [1.82, 2.24) is 14.5 Å². The van der Waals surface area contributed by atoms with E-state index >= 15 is 0 Å². The Kier molecular flexibility index (Phi) is 10.2. The van der Waals surface area contributed by atoms with Crippen molar-refractivity contribution < 1.29 is 26.2 Å². The number of benzene rings is 6. The molecule has 55 heavy (non-hydrogen) atoms. The largest absolute Gasteiger partial charge is 0.507 e. The summed E-state index contributed by atoms with van der Waals surface area (Å²) in [5.74, 6) is 0.868. The second-order valence-corrected chi connectivity index (χ2v) is 16.1. The molecular formula is C50H44N3OPt-. The molecule has 0 fully saturated rings. The zero-order chi connectivity index (χ0) is 37.6. The van der Waals surface area contributed by atoms with Gasteiger partial charge in [-0.1, -0.05) is 155 Å². The Labute approximate surface area is 338 Å². The first-order chi connectivity index (χ1) is 25.9. The van der Waals surface area contributed by atoms with Gasteiger partial charge in [0.25, 0.3) is 0 Å². The third-order valence-corrected chi connectivity index (χ3v) is 10.2. The molecule has 276 valence electrons. The van der Waals surface area contributed by atoms with E-state index in [1.807, 2.05) is 48.7 Å². The van der Waals surface area contributed by atoms with Crippen LogP contribution in [0.3, 0.4) is 0 Å². The van der Waals surface area contributed by atoms with Crippen LogP contribution in [-0.4, -0.2) is 19.6 Å². The van der Waals surface area contributed by atoms with Crippen LogP contribution in [0.1, 0.15) is 52.7 Å². The molecule has 0 unspecified atom stereocenters. The first kappa shape index (κ1) is 37.7. The van der Waals surface area contributed by atoms with Crippen LogP contribution >= 0.6 is 0 Å². The minimum atomic E-state index is -0.123. The molecule has 0 radical (unpaired) electrons. The second kappa shape index (κ2) is 14.9. The summed E-state index contributed by atoms with van der Waals surface area (Å²) < 4.78 is 2.20. The minimum absolute atomic E-state index is 0. The van der Waals surface area contributed by atoms with Crippen molar-refractivity contribution in [2.45, 2.75) is 52.4 Å². The number of phenols is 1. The smallest absolute Gasteiger partial charge is 0.148 e. The van der Waals surface area contributed by atoms with Gasteiger partial charge in [0, 0.05) is 38.6 Å². The molecule has 0 aliphatic heterocycles. The Morgan fingerprint density at radius 2 is 1.13 bits per heavy atom. The number of phenolic OH excluding ortho intramolecular Hbond substituents is 1. The van der Waals surface area contributed by atoms with Gasteiger partial charge in [0.05, 0.1) is 16.6 Å². The fourth-order valence-corrected chi connectivity index (χ4v) is 7.09. The van der Waals surface area contributed by atoms with Crippen LogP contribution in [0, 0.1) is 6.07 Å². The van der Waals surface area contributed by atoms with Crippen LogP contribution in [0.2, 0.25) is 0 Å². The molecule has 1 N–H and O–H groups in total. The number of fused-ring (bicyclic) bond motifs is 1. The maximum Gasteiger partial charge on any atom is 0.148 e. The number of rotatable bonds is 6. The van der Waals surface area contributed by atoms with E-state index in [-0.39, 0.29) is 37.6 Å². The Balaban J connectivity index is 0.00000465. The Hall–Kier alpha value is -5.57. The van der Waals surface area contributed by atoms with Crippen molar-refractivity contribution >= 4 is 11.0 Å². The Morgan fingerprint density at radius 1 is 0.545 bits per heavy atom. The maximum atomic E-state index is 11.7. The number of hydrogen-bond donors (Lipinski definition) is 1. The van der Waals surface area contributed by atoms with Crippen molar-refractivity contribution in [2.24, 2.45) is 0 Å². The van der Waals surface area contributed by atoms with Crippen molar-refractivity contribution in [3.8, 4) is 67.5 Å². The number of nitrogens with zero attached hydrogens (tertiary/aromatic N) is 3. The van der Waals surface area contributed by atoms with E-state index in [2.05, 4.69) is 155 Å². The quantitative estimate of drug-likeness (QED) is 0.169. The normalized spacial score (nSPS) is 11.7. The van der Waals surface area contributed by atoms with Crippen molar-refractivity contribution in [2.75, 3.05) is 0 Å². The van der Waals surface area contributed by atoms with Crippen LogP contribution < -0.4 is 0 Å². The number of hydrogen-bond acceptors (Lipinski definition) is 3. The van der Waals surface area contributed by atoms with Crippen LogP contribution in [0.4, 0.5) is 0 Å². The fraction of sp³-hybridized carbons (Fsp3) is 0.160. The van der Waals surface area contributed by atoms with E-state index < -0.39 is 0 Å². The SMILES string of the molecule is CC(C)(C)c1ccc(-n2c(-c3ccc(C(C)(C)C)cc3O)nc3c(-c4[c-]c(-c5ccccn5)cc(-c5ccccc5)c4)cc(-c4ccccc4)cc32)cc1.[Pt]. The first-order valence-corrected chi connectivity index (χ1v) is 18.6. The van der Waals surface area contributed by atoms with E-state index in [1.165, 1.54) is 5.56 Å². The van der Waals surface area contributed by atoms with E-state index in [9.17, 15) is 5.11 Å². The van der Waals surface area contributed by atoms with Gasteiger partial charge in [-0.25, -0.2) is 4.98 Å². The summed E-state index contributed by atoms with van der Waals surface area (Å²) in [6.07, 6.45) is 1.82. The van der Waals surface area contributed by atoms with Gasteiger partial charge in [-0.15, -0.1) is 23.8 Å². The molecule has 8 rings (SSSR count). The third kappa shape index (κ3) is 7.57. The van der Waals surface area contributed by atoms with Gasteiger partial charge < -0.3 is 5.11 Å². The van der Waals surface area contributed by atoms with Crippen LogP contribution in [0.15, 0.2) is 152 Å². The molecule has 2 heterocycles. The van der Waals surface area contributed by atoms with E-state index in [0.717, 1.165) is 66.9 Å². The predicted octanol–water partition coefficient (Wildman–Crippen LogP) is 12.9. The standard InChI is InChI=1S/C50H44N3O.Pt/c1-49(2,3)39-20-23-41(24-21-39)53-45-31-36(34-17-11-8-12-18-34)30-43(47(45)52-48(53)42-25-22-40(32-46(42)54)50(4,5)6)37-27-35(33-15-9-7-10-16-33)28-38(29-37)44-19-13-14-26-51-44;/h7-28,30-32,54H,1-6H3;/q-1;. The topological polar surface area (TPSA) is 50.9 Å². The third-order valence-electron chi connectivity index (χ3n) is 10.2. The van der Waals surface area contributed by atoms with Crippen LogP contribution in [-0.2, 0) is 31.9 Å². The summed E-state index contributed by atoms with van der Waals surface area (Å²) in [5, 5.41) is 11.7. The zero-order valence-electron chi connectivity index (χ0n) is 32.0. The molecule has 8 aromatic rings. The summed E-state index contributed by atoms with van der Waals surface area (Å²) in [4.78, 5) is 10.2. The van der Waals surface area contributed by atoms with Gasteiger partial charge in [-0.2, -0.15) is 0 Å². The molecule has 6 aromatic carbocycles. The molecule has 2 aromatic heterocycles. The minimum Gasteiger partial charge on any atom is -0.507 e. The molecule has 0 spiro atoms. The summed E-state index contributed by atoms with van der Waals surface area (Å²) in [6, 6.07) is 54.2. The van der Waals surface area contributed by atoms with Gasteiger partial charge in [-0.3, -0.25) is 9.55 Å². The van der Waals surface area contributed by atoms with Crippen molar-refractivity contribution in [1.29, 1.82) is 0 Å². The van der Waals surface area contributed by atoms with Gasteiger partial charge >= 0.3 is 0 Å². The van der Waals surface area contributed by atoms with Crippen molar-refractivity contribution in [3.63, 3.8) is 0 Å². The molecule has 0 saturated heterocycles. The number of aromatic nitrogens is 3. The average molecular weight is 898 g/mol. The monoisotopic (exact) mass is 897 g/mol. The molecule has 0 amide bonds. The Morgan fingerprint density at radius 3 is 1.71 bits per heavy atom. The first-order valence-electron chi connectivity index (χ1n) is 18.6. The molecule has 0 saturated carbocycles. The summed E-state index contributed by atoms with van der Waals surface area (Å²) >= 11 is 0.